The first-order valence-electron chi connectivity index (χ1n) is 25.3. The molecule has 0 saturated heterocycles. The Balaban J connectivity index is 0.000000210. The zero-order valence-electron chi connectivity index (χ0n) is 47.3. The van der Waals surface area contributed by atoms with E-state index < -0.39 is 55.5 Å². The summed E-state index contributed by atoms with van der Waals surface area (Å²) < 4.78 is 65.1. The largest absolute Gasteiger partial charge is 0.585 e. The molecular formula is C54H68N8O20P4+4. The summed E-state index contributed by atoms with van der Waals surface area (Å²) in [7, 11) is -8.75. The van der Waals surface area contributed by atoms with Crippen molar-refractivity contribution < 1.29 is 116 Å². The monoisotopic (exact) mass is 1270 g/mol. The van der Waals surface area contributed by atoms with Crippen LogP contribution in [0.15, 0.2) is 123 Å². The van der Waals surface area contributed by atoms with Gasteiger partial charge in [-0.2, -0.15) is 0 Å². The number of pyridine rings is 8. The second-order valence-corrected chi connectivity index (χ2v) is 27.9. The molecule has 0 amide bonds. The highest BCUT2D eigenvalue weighted by atomic mass is 31.2. The molecule has 8 aromatic rings. The lowest BCUT2D eigenvalue weighted by molar-refractivity contribution is -0.672. The number of nitrogens with zero attached hydrogens (tertiary/aromatic N) is 8. The quantitative estimate of drug-likeness (QED) is 0.0419. The summed E-state index contributed by atoms with van der Waals surface area (Å²) >= 11 is 0. The molecule has 0 unspecified atom stereocenters. The van der Waals surface area contributed by atoms with Crippen molar-refractivity contribution in [2.45, 2.75) is 64.0 Å². The molecule has 0 aliphatic rings. The summed E-state index contributed by atoms with van der Waals surface area (Å²) in [4.78, 5) is 55.4. The van der Waals surface area contributed by atoms with Crippen LogP contribution in [0.2, 0.25) is 0 Å². The summed E-state index contributed by atoms with van der Waals surface area (Å²) in [5, 5.41) is 97.0. The van der Waals surface area contributed by atoms with E-state index in [1.807, 2.05) is 0 Å². The molecule has 0 bridgehead atoms. The standard InChI is InChI=1S/C16H21N2O6P.C14H17N2O4P.C12H13N2O6P.C12H13N2O4P/c1-9-15(21)13(11(5-19)3-17-9)7-25(23,24)8-14-12(6-20)4-18-10(2)16(14)22;1-15-5-3-11(13(17)7-15)9-21(19,20)10-12-4-6-16(2)8-14(12)18;1-13-5-3-11(9(15)7-13)19-21(17,18)20-12-4-6-14(2)8-10(12)16;15-11-5-13-3-1-9(11)7-19(17,18)8-10-2-4-14-6-12(10)16/h3-4,19-22H,5-8H2,1-2H3,(H,23,24);3-8H,9-10H2,1-2H3,(H-2,17,18,19,20);3-8H,1-2H3,(H-2,15,16,17,18);1-6,15-16H,7-8H2,(H,17,18)/p+4. The van der Waals surface area contributed by atoms with Gasteiger partial charge in [-0.05, 0) is 26.0 Å². The Bertz CT molecular complexity index is 3550. The van der Waals surface area contributed by atoms with Gasteiger partial charge in [-0.15, -0.1) is 0 Å². The van der Waals surface area contributed by atoms with Crippen molar-refractivity contribution in [1.29, 1.82) is 0 Å². The highest BCUT2D eigenvalue weighted by Gasteiger charge is 2.31. The van der Waals surface area contributed by atoms with Gasteiger partial charge < -0.3 is 74.8 Å². The third-order valence-corrected chi connectivity index (χ3v) is 18.1. The molecule has 0 radical (unpaired) electrons. The molecule has 0 aliphatic carbocycles. The van der Waals surface area contributed by atoms with Crippen molar-refractivity contribution in [3.8, 4) is 57.5 Å². The molecule has 0 atom stereocenters. The Hall–Kier alpha value is -8.12. The fourth-order valence-electron chi connectivity index (χ4n) is 7.87. The fraction of sp³-hybridized carbons (Fsp3) is 0.259. The van der Waals surface area contributed by atoms with Crippen molar-refractivity contribution >= 4 is 29.9 Å². The molecule has 32 heteroatoms. The number of aromatic nitrogens is 8. The van der Waals surface area contributed by atoms with Gasteiger partial charge in [-0.1, -0.05) is 0 Å². The molecule has 86 heavy (non-hydrogen) atoms. The number of phosphoric acid groups is 1. The minimum absolute atomic E-state index is 0.0158. The second-order valence-electron chi connectivity index (χ2n) is 19.6. The van der Waals surface area contributed by atoms with Gasteiger partial charge >= 0.3 is 7.82 Å². The van der Waals surface area contributed by atoms with Crippen LogP contribution in [0.5, 0.6) is 57.5 Å². The van der Waals surface area contributed by atoms with Crippen molar-refractivity contribution in [2.24, 2.45) is 28.2 Å². The summed E-state index contributed by atoms with van der Waals surface area (Å²) in [5.74, 6) is -1.79. The molecule has 14 N–H and O–H groups in total. The van der Waals surface area contributed by atoms with Crippen LogP contribution in [0, 0.1) is 13.8 Å². The highest BCUT2D eigenvalue weighted by molar-refractivity contribution is 7.57. The maximum Gasteiger partial charge on any atom is 0.585 e. The molecule has 0 saturated carbocycles. The molecule has 0 aliphatic heterocycles. The average Bonchev–Trinajstić information content (AvgIpc) is 2.78. The maximum atomic E-state index is 12.7. The number of aryl methyl sites for hydroxylation is 6. The van der Waals surface area contributed by atoms with Crippen molar-refractivity contribution in [1.82, 2.24) is 19.9 Å². The molecule has 0 aromatic carbocycles. The summed E-state index contributed by atoms with van der Waals surface area (Å²) in [5.41, 5.74) is 2.93. The minimum Gasteiger partial charge on any atom is -0.506 e. The first-order valence-corrected chi connectivity index (χ1v) is 32.9. The Morgan fingerprint density at radius 3 is 1.01 bits per heavy atom. The Labute approximate surface area is 493 Å². The van der Waals surface area contributed by atoms with E-state index in [1.165, 1.54) is 108 Å². The summed E-state index contributed by atoms with van der Waals surface area (Å²) in [6.07, 6.45) is 18.6. The molecule has 0 fully saturated rings. The third kappa shape index (κ3) is 20.6. The number of phosphoric ester groups is 1. The first kappa shape index (κ1) is 68.7. The molecule has 28 nitrogen and oxygen atoms in total. The van der Waals surface area contributed by atoms with E-state index in [2.05, 4.69) is 19.9 Å². The molecule has 8 rings (SSSR count). The predicted molar refractivity (Wildman–Crippen MR) is 305 cm³/mol. The Morgan fingerprint density at radius 2 is 0.709 bits per heavy atom. The van der Waals surface area contributed by atoms with Gasteiger partial charge in [-0.3, -0.25) is 38.5 Å². The average molecular weight is 1270 g/mol. The van der Waals surface area contributed by atoms with Crippen LogP contribution in [-0.4, -0.2) is 90.6 Å². The van der Waals surface area contributed by atoms with Crippen LogP contribution in [-0.2, 0) is 96.6 Å². The van der Waals surface area contributed by atoms with Gasteiger partial charge in [0.1, 0.15) is 51.2 Å². The van der Waals surface area contributed by atoms with Crippen LogP contribution in [0.3, 0.4) is 0 Å². The maximum absolute atomic E-state index is 12.7. The van der Waals surface area contributed by atoms with Crippen LogP contribution < -0.4 is 27.3 Å². The van der Waals surface area contributed by atoms with Crippen LogP contribution in [0.25, 0.3) is 0 Å². The number of aromatic hydroxyl groups is 8. The topological polar surface area (TPSA) is 437 Å². The van der Waals surface area contributed by atoms with Gasteiger partial charge in [0.25, 0.3) is 0 Å². The fourth-order valence-corrected chi connectivity index (χ4v) is 13.9. The number of aliphatic hydroxyl groups is 2. The van der Waals surface area contributed by atoms with E-state index in [1.54, 1.807) is 75.7 Å². The lowest BCUT2D eigenvalue weighted by Gasteiger charge is -2.18. The lowest BCUT2D eigenvalue weighted by atomic mass is 10.1. The molecule has 8 aromatic heterocycles. The van der Waals surface area contributed by atoms with Gasteiger partial charge in [0, 0.05) is 93.6 Å². The number of hydrogen-bond donors (Lipinski definition) is 14. The van der Waals surface area contributed by atoms with Gasteiger partial charge in [0.2, 0.25) is 58.4 Å². The third-order valence-electron chi connectivity index (χ3n) is 12.3. The minimum atomic E-state index is -4.56. The van der Waals surface area contributed by atoms with Crippen molar-refractivity contribution in [2.75, 3.05) is 0 Å². The van der Waals surface area contributed by atoms with E-state index in [4.69, 9.17) is 9.05 Å². The van der Waals surface area contributed by atoms with Crippen LogP contribution in [0.4, 0.5) is 0 Å². The van der Waals surface area contributed by atoms with E-state index in [-0.39, 0.29) is 116 Å². The molecule has 460 valence electrons. The Morgan fingerprint density at radius 1 is 0.407 bits per heavy atom. The van der Waals surface area contributed by atoms with Crippen molar-refractivity contribution in [3.05, 3.63) is 179 Å². The van der Waals surface area contributed by atoms with Gasteiger partial charge in [0.15, 0.2) is 47.8 Å². The molecule has 8 heterocycles. The number of rotatable bonds is 18. The van der Waals surface area contributed by atoms with E-state index in [0.29, 0.717) is 22.3 Å². The first-order chi connectivity index (χ1) is 40.2. The zero-order chi connectivity index (χ0) is 63.9. The highest BCUT2D eigenvalue weighted by Crippen LogP contribution is 2.54. The smallest absolute Gasteiger partial charge is 0.506 e. The normalized spacial score (nSPS) is 11.5. The van der Waals surface area contributed by atoms with Gasteiger partial charge in [-0.25, -0.2) is 22.8 Å². The van der Waals surface area contributed by atoms with E-state index >= 15 is 0 Å². The zero-order valence-corrected chi connectivity index (χ0v) is 50.9. The Kier molecular flexibility index (Phi) is 23.8. The summed E-state index contributed by atoms with van der Waals surface area (Å²) in [6.45, 7) is 2.23. The summed E-state index contributed by atoms with van der Waals surface area (Å²) in [6, 6.07) is 8.83. The van der Waals surface area contributed by atoms with E-state index in [9.17, 15) is 88.9 Å². The second kappa shape index (κ2) is 29.8. The van der Waals surface area contributed by atoms with Gasteiger partial charge in [0.05, 0.1) is 74.0 Å². The SMILES string of the molecule is C[n+]1ccc(CP(=O)(O)Cc2cc[n+](C)cc2O)c(O)c1.C[n+]1ccc(OP(=O)(O)Oc2cc[n+](C)cc2O)c(O)c1.Cc1ncc(CO)c(CP(=O)(O)Cc2c(CO)cnc(C)c2O)c1O.O=P(O)(Cc1ccncc1O)Cc1ccncc1O. The number of hydrogen-bond acceptors (Lipinski definition) is 20. The molecule has 0 spiro atoms. The number of aliphatic hydroxyl groups excluding tert-OH is 2. The van der Waals surface area contributed by atoms with Crippen LogP contribution in [0.1, 0.15) is 55.9 Å². The predicted octanol–water partition coefficient (Wildman–Crippen LogP) is 4.34. The van der Waals surface area contributed by atoms with Crippen LogP contribution >= 0.6 is 29.9 Å². The van der Waals surface area contributed by atoms with E-state index in [0.717, 1.165) is 0 Å². The van der Waals surface area contributed by atoms with Crippen molar-refractivity contribution in [3.63, 3.8) is 0 Å². The lowest BCUT2D eigenvalue weighted by Crippen LogP contribution is -2.26. The molecular weight excluding hydrogens is 1200 g/mol.